The normalized spacial score (nSPS) is 40.2. The lowest BCUT2D eigenvalue weighted by Crippen LogP contribution is -2.49. The summed E-state index contributed by atoms with van der Waals surface area (Å²) in [6.07, 6.45) is 3.41. The maximum Gasteiger partial charge on any atom is 0.240 e. The molecule has 2 bridgehead atoms. The van der Waals surface area contributed by atoms with E-state index in [1.165, 1.54) is 0 Å². The number of likely N-dealkylation sites (tertiary alicyclic amines) is 1. The molecule has 0 spiro atoms. The molecule has 7 heteroatoms. The number of piperidine rings is 1. The lowest BCUT2D eigenvalue weighted by atomic mass is 9.81. The monoisotopic (exact) mass is 307 g/mol. The SMILES string of the molecule is O=C(CN1C(=O)C2C3CCC(O3)C2C1=O)NC1CCCNC1. The summed E-state index contributed by atoms with van der Waals surface area (Å²) in [6, 6.07) is 0.0908. The van der Waals surface area contributed by atoms with Gasteiger partial charge in [-0.05, 0) is 32.2 Å². The van der Waals surface area contributed by atoms with Crippen molar-refractivity contribution in [3.05, 3.63) is 0 Å². The van der Waals surface area contributed by atoms with Gasteiger partial charge < -0.3 is 15.4 Å². The van der Waals surface area contributed by atoms with Crippen LogP contribution in [0.4, 0.5) is 0 Å². The molecule has 4 saturated heterocycles. The fraction of sp³-hybridized carbons (Fsp3) is 0.800. The number of hydrogen-bond donors (Lipinski definition) is 2. The number of nitrogens with zero attached hydrogens (tertiary/aromatic N) is 1. The number of ether oxygens (including phenoxy) is 1. The van der Waals surface area contributed by atoms with Crippen molar-refractivity contribution in [1.82, 2.24) is 15.5 Å². The number of amides is 3. The van der Waals surface area contributed by atoms with Crippen molar-refractivity contribution >= 4 is 17.7 Å². The lowest BCUT2D eigenvalue weighted by molar-refractivity contribution is -0.146. The first kappa shape index (κ1) is 14.1. The number of rotatable bonds is 3. The van der Waals surface area contributed by atoms with Crippen LogP contribution in [0, 0.1) is 11.8 Å². The van der Waals surface area contributed by atoms with E-state index >= 15 is 0 Å². The van der Waals surface area contributed by atoms with Gasteiger partial charge >= 0.3 is 0 Å². The minimum absolute atomic E-state index is 0.0908. The Hall–Kier alpha value is -1.47. The number of hydrogen-bond acceptors (Lipinski definition) is 5. The molecule has 7 nitrogen and oxygen atoms in total. The molecule has 120 valence electrons. The summed E-state index contributed by atoms with van der Waals surface area (Å²) in [6.45, 7) is 1.57. The Bertz CT molecular complexity index is 489. The van der Waals surface area contributed by atoms with Gasteiger partial charge in [0.05, 0.1) is 24.0 Å². The van der Waals surface area contributed by atoms with Crippen molar-refractivity contribution in [3.8, 4) is 0 Å². The molecule has 4 fully saturated rings. The first-order chi connectivity index (χ1) is 10.6. The van der Waals surface area contributed by atoms with Crippen LogP contribution in [0.1, 0.15) is 25.7 Å². The molecular weight excluding hydrogens is 286 g/mol. The van der Waals surface area contributed by atoms with E-state index in [0.717, 1.165) is 43.7 Å². The molecule has 2 N–H and O–H groups in total. The molecular formula is C15H21N3O4. The Balaban J connectivity index is 1.39. The van der Waals surface area contributed by atoms with Gasteiger partial charge in [0.2, 0.25) is 17.7 Å². The fourth-order valence-corrected chi connectivity index (χ4v) is 4.32. The van der Waals surface area contributed by atoms with Crippen LogP contribution in [0.25, 0.3) is 0 Å². The van der Waals surface area contributed by atoms with Gasteiger partial charge in [0.25, 0.3) is 0 Å². The predicted molar refractivity (Wildman–Crippen MR) is 75.6 cm³/mol. The van der Waals surface area contributed by atoms with E-state index in [9.17, 15) is 14.4 Å². The van der Waals surface area contributed by atoms with Crippen LogP contribution in [0.15, 0.2) is 0 Å². The van der Waals surface area contributed by atoms with Crippen LogP contribution < -0.4 is 10.6 Å². The van der Waals surface area contributed by atoms with Gasteiger partial charge in [-0.3, -0.25) is 19.3 Å². The summed E-state index contributed by atoms with van der Waals surface area (Å²) in [4.78, 5) is 38.2. The molecule has 4 aliphatic rings. The Morgan fingerprint density at radius 1 is 1.18 bits per heavy atom. The molecule has 22 heavy (non-hydrogen) atoms. The maximum atomic E-state index is 12.4. The van der Waals surface area contributed by atoms with Gasteiger partial charge in [0.1, 0.15) is 6.54 Å². The second-order valence-corrected chi connectivity index (χ2v) is 6.72. The first-order valence-corrected chi connectivity index (χ1v) is 8.16. The average Bonchev–Trinajstić information content (AvgIpc) is 3.18. The third-order valence-corrected chi connectivity index (χ3v) is 5.34. The fourth-order valence-electron chi connectivity index (χ4n) is 4.32. The van der Waals surface area contributed by atoms with E-state index in [1.807, 2.05) is 0 Å². The van der Waals surface area contributed by atoms with Crippen molar-refractivity contribution in [2.24, 2.45) is 11.8 Å². The van der Waals surface area contributed by atoms with Crippen molar-refractivity contribution in [2.75, 3.05) is 19.6 Å². The maximum absolute atomic E-state index is 12.4. The van der Waals surface area contributed by atoms with Gasteiger partial charge in [-0.2, -0.15) is 0 Å². The third kappa shape index (κ3) is 2.14. The van der Waals surface area contributed by atoms with Gasteiger partial charge in [0.15, 0.2) is 0 Å². The van der Waals surface area contributed by atoms with Crippen molar-refractivity contribution in [1.29, 1.82) is 0 Å². The van der Waals surface area contributed by atoms with Crippen LogP contribution in [0.3, 0.4) is 0 Å². The molecule has 0 aromatic carbocycles. The second-order valence-electron chi connectivity index (χ2n) is 6.72. The molecule has 4 rings (SSSR count). The number of carbonyl (C=O) groups is 3. The quantitative estimate of drug-likeness (QED) is 0.654. The van der Waals surface area contributed by atoms with Crippen LogP contribution in [-0.4, -0.2) is 60.5 Å². The summed E-state index contributed by atoms with van der Waals surface area (Å²) in [7, 11) is 0. The number of fused-ring (bicyclic) bond motifs is 5. The number of imide groups is 1. The van der Waals surface area contributed by atoms with E-state index in [4.69, 9.17) is 4.74 Å². The molecule has 4 aliphatic heterocycles. The number of carbonyl (C=O) groups excluding carboxylic acids is 3. The molecule has 3 amide bonds. The van der Waals surface area contributed by atoms with Gasteiger partial charge in [-0.25, -0.2) is 0 Å². The highest BCUT2D eigenvalue weighted by molar-refractivity contribution is 6.08. The standard InChI is InChI=1S/C15H21N3O4/c19-11(17-8-2-1-5-16-6-8)7-18-14(20)12-9-3-4-10(22-9)13(12)15(18)21/h8-10,12-13,16H,1-7H2,(H,17,19). The van der Waals surface area contributed by atoms with Crippen LogP contribution in [-0.2, 0) is 19.1 Å². The van der Waals surface area contributed by atoms with Gasteiger partial charge in [-0.15, -0.1) is 0 Å². The molecule has 0 aromatic rings. The molecule has 0 aliphatic carbocycles. The summed E-state index contributed by atoms with van der Waals surface area (Å²) >= 11 is 0. The smallest absolute Gasteiger partial charge is 0.240 e. The van der Waals surface area contributed by atoms with E-state index in [1.54, 1.807) is 0 Å². The van der Waals surface area contributed by atoms with Crippen molar-refractivity contribution in [2.45, 2.75) is 43.9 Å². The predicted octanol–water partition coefficient (Wildman–Crippen LogP) is -0.983. The minimum Gasteiger partial charge on any atom is -0.373 e. The topological polar surface area (TPSA) is 87.7 Å². The highest BCUT2D eigenvalue weighted by atomic mass is 16.5. The summed E-state index contributed by atoms with van der Waals surface area (Å²) in [5.74, 6) is -1.40. The summed E-state index contributed by atoms with van der Waals surface area (Å²) in [5.41, 5.74) is 0. The van der Waals surface area contributed by atoms with E-state index in [0.29, 0.717) is 0 Å². The Labute approximate surface area is 128 Å². The highest BCUT2D eigenvalue weighted by Gasteiger charge is 2.62. The highest BCUT2D eigenvalue weighted by Crippen LogP contribution is 2.48. The van der Waals surface area contributed by atoms with E-state index in [2.05, 4.69) is 10.6 Å². The Morgan fingerprint density at radius 3 is 2.45 bits per heavy atom. The van der Waals surface area contributed by atoms with Gasteiger partial charge in [0, 0.05) is 12.6 Å². The van der Waals surface area contributed by atoms with Crippen LogP contribution in [0.2, 0.25) is 0 Å². The van der Waals surface area contributed by atoms with Crippen molar-refractivity contribution < 1.29 is 19.1 Å². The van der Waals surface area contributed by atoms with Crippen molar-refractivity contribution in [3.63, 3.8) is 0 Å². The zero-order valence-electron chi connectivity index (χ0n) is 12.4. The van der Waals surface area contributed by atoms with E-state index < -0.39 is 0 Å². The molecule has 0 saturated carbocycles. The average molecular weight is 307 g/mol. The summed E-state index contributed by atoms with van der Waals surface area (Å²) in [5, 5.41) is 6.14. The second kappa shape index (κ2) is 5.31. The van der Waals surface area contributed by atoms with Gasteiger partial charge in [-0.1, -0.05) is 0 Å². The molecule has 4 heterocycles. The zero-order valence-corrected chi connectivity index (χ0v) is 12.4. The summed E-state index contributed by atoms with van der Waals surface area (Å²) < 4.78 is 5.68. The van der Waals surface area contributed by atoms with Crippen LogP contribution in [0.5, 0.6) is 0 Å². The molecule has 0 aromatic heterocycles. The molecule has 5 atom stereocenters. The zero-order chi connectivity index (χ0) is 15.3. The van der Waals surface area contributed by atoms with E-state index in [-0.39, 0.29) is 54.4 Å². The lowest BCUT2D eigenvalue weighted by Gasteiger charge is -2.25. The Morgan fingerprint density at radius 2 is 1.86 bits per heavy atom. The van der Waals surface area contributed by atoms with Crippen LogP contribution >= 0.6 is 0 Å². The number of nitrogens with one attached hydrogen (secondary N) is 2. The molecule has 0 radical (unpaired) electrons. The third-order valence-electron chi connectivity index (χ3n) is 5.34. The Kier molecular flexibility index (Phi) is 3.41. The minimum atomic E-state index is -0.351. The molecule has 5 unspecified atom stereocenters. The largest absolute Gasteiger partial charge is 0.373 e. The first-order valence-electron chi connectivity index (χ1n) is 8.16.